The molecule has 6 nitrogen and oxygen atoms in total. The Bertz CT molecular complexity index is 1840. The van der Waals surface area contributed by atoms with Crippen molar-refractivity contribution >= 4 is 17.5 Å². The lowest BCUT2D eigenvalue weighted by Crippen LogP contribution is -2.54. The lowest BCUT2D eigenvalue weighted by Gasteiger charge is -2.46. The number of para-hydroxylation sites is 1. The summed E-state index contributed by atoms with van der Waals surface area (Å²) in [7, 11) is 0. The van der Waals surface area contributed by atoms with Crippen LogP contribution in [0.25, 0.3) is 11.1 Å². The Kier molecular flexibility index (Phi) is 11.2. The van der Waals surface area contributed by atoms with Crippen LogP contribution < -0.4 is 5.32 Å². The summed E-state index contributed by atoms with van der Waals surface area (Å²) < 4.78 is 0. The Hall–Kier alpha value is -4.52. The lowest BCUT2D eigenvalue weighted by molar-refractivity contribution is -0.0763. The van der Waals surface area contributed by atoms with Gasteiger partial charge in [0.25, 0.3) is 0 Å². The van der Waals surface area contributed by atoms with Gasteiger partial charge in [-0.15, -0.1) is 0 Å². The van der Waals surface area contributed by atoms with Crippen molar-refractivity contribution in [2.45, 2.75) is 89.8 Å². The van der Waals surface area contributed by atoms with Gasteiger partial charge in [0.1, 0.15) is 0 Å². The van der Waals surface area contributed by atoms with Gasteiger partial charge in [-0.2, -0.15) is 0 Å². The number of carbonyl (C=O) groups is 2. The van der Waals surface area contributed by atoms with Gasteiger partial charge in [0.05, 0.1) is 18.2 Å². The van der Waals surface area contributed by atoms with Gasteiger partial charge in [0.2, 0.25) is 0 Å². The number of aliphatic hydroxyl groups excluding tert-OH is 1. The molecule has 1 fully saturated rings. The summed E-state index contributed by atoms with van der Waals surface area (Å²) in [5.41, 5.74) is 5.35. The topological polar surface area (TPSA) is 89.9 Å². The number of nitrogens with zero attached hydrogens (tertiary/aromatic N) is 1. The predicted molar refractivity (Wildman–Crippen MR) is 206 cm³/mol. The van der Waals surface area contributed by atoms with E-state index < -0.39 is 17.1 Å². The van der Waals surface area contributed by atoms with Crippen LogP contribution in [0.3, 0.4) is 0 Å². The summed E-state index contributed by atoms with van der Waals surface area (Å²) in [6, 6.07) is 33.2. The highest BCUT2D eigenvalue weighted by Gasteiger charge is 2.57. The van der Waals surface area contributed by atoms with E-state index in [1.54, 1.807) is 4.90 Å². The van der Waals surface area contributed by atoms with Gasteiger partial charge < -0.3 is 20.4 Å². The first-order chi connectivity index (χ1) is 24.6. The maximum Gasteiger partial charge on any atom is 0.321 e. The molecule has 7 rings (SSSR count). The number of allylic oxidation sites excluding steroid dienone is 2. The lowest BCUT2D eigenvalue weighted by atomic mass is 9.64. The molecule has 6 heteroatoms. The van der Waals surface area contributed by atoms with E-state index in [1.807, 2.05) is 85.8 Å². The molecule has 4 atom stereocenters. The average Bonchev–Trinajstić information content (AvgIpc) is 3.39. The van der Waals surface area contributed by atoms with Crippen LogP contribution in [0.2, 0.25) is 0 Å². The fourth-order valence-electron chi connectivity index (χ4n) is 8.36. The number of fused-ring (bicyclic) bond motifs is 8. The van der Waals surface area contributed by atoms with E-state index in [-0.39, 0.29) is 24.3 Å². The minimum absolute atomic E-state index is 0.0589. The molecule has 2 amide bonds. The van der Waals surface area contributed by atoms with Crippen molar-refractivity contribution in [3.63, 3.8) is 0 Å². The maximum absolute atomic E-state index is 14.5. The van der Waals surface area contributed by atoms with E-state index in [1.165, 1.54) is 5.57 Å². The van der Waals surface area contributed by atoms with Gasteiger partial charge in [-0.1, -0.05) is 110 Å². The number of rotatable bonds is 8. The van der Waals surface area contributed by atoms with Crippen molar-refractivity contribution in [1.29, 1.82) is 0 Å². The molecule has 4 aromatic carbocycles. The Morgan fingerprint density at radius 3 is 2.27 bits per heavy atom. The number of aliphatic hydroxyl groups is 2. The summed E-state index contributed by atoms with van der Waals surface area (Å²) in [6.07, 6.45) is 7.02. The molecule has 0 heterocycles. The fraction of sp³-hybridized carbons (Fsp3) is 0.378. The molecule has 3 aliphatic rings. The summed E-state index contributed by atoms with van der Waals surface area (Å²) in [6.45, 7) is 7.04. The molecule has 266 valence electrons. The first-order valence-corrected chi connectivity index (χ1v) is 18.6. The zero-order valence-corrected chi connectivity index (χ0v) is 30.3. The second-order valence-electron chi connectivity index (χ2n) is 14.9. The number of urea groups is 1. The summed E-state index contributed by atoms with van der Waals surface area (Å²) in [5.74, 6) is -0.183. The third kappa shape index (κ3) is 8.03. The van der Waals surface area contributed by atoms with Gasteiger partial charge in [-0.3, -0.25) is 4.79 Å². The number of anilines is 1. The van der Waals surface area contributed by atoms with Crippen molar-refractivity contribution < 1.29 is 19.8 Å². The zero-order chi connectivity index (χ0) is 36.0. The fourth-order valence-corrected chi connectivity index (χ4v) is 8.36. The largest absolute Gasteiger partial charge is 0.393 e. The molecule has 0 radical (unpaired) electrons. The number of amides is 2. The van der Waals surface area contributed by atoms with Crippen LogP contribution in [0.15, 0.2) is 115 Å². The molecule has 0 aliphatic heterocycles. The molecular weight excluding hydrogens is 633 g/mol. The van der Waals surface area contributed by atoms with Gasteiger partial charge in [-0.05, 0) is 105 Å². The third-order valence-corrected chi connectivity index (χ3v) is 11.4. The Morgan fingerprint density at radius 2 is 1.57 bits per heavy atom. The SMILES string of the molecule is CCCN(CC1(O)CCC2c3ccc(cc3C(=O)c3ccc(-c4ccccc4)cc3)CC(O)CCC(C)=CCCC21C)C(=O)Nc1ccccc1. The van der Waals surface area contributed by atoms with Crippen LogP contribution in [-0.2, 0) is 6.42 Å². The van der Waals surface area contributed by atoms with Gasteiger partial charge >= 0.3 is 6.03 Å². The predicted octanol–water partition coefficient (Wildman–Crippen LogP) is 9.57. The highest BCUT2D eigenvalue weighted by molar-refractivity contribution is 6.10. The number of hydrogen-bond acceptors (Lipinski definition) is 4. The quantitative estimate of drug-likeness (QED) is 0.127. The van der Waals surface area contributed by atoms with Crippen molar-refractivity contribution in [3.8, 4) is 11.1 Å². The number of carbonyl (C=O) groups excluding carboxylic acids is 2. The first-order valence-electron chi connectivity index (χ1n) is 18.6. The Labute approximate surface area is 303 Å². The molecule has 1 saturated carbocycles. The Morgan fingerprint density at radius 1 is 0.882 bits per heavy atom. The van der Waals surface area contributed by atoms with E-state index in [4.69, 9.17) is 0 Å². The van der Waals surface area contributed by atoms with Crippen LogP contribution in [0.5, 0.6) is 0 Å². The van der Waals surface area contributed by atoms with E-state index >= 15 is 0 Å². The van der Waals surface area contributed by atoms with Crippen LogP contribution in [0.1, 0.15) is 98.7 Å². The van der Waals surface area contributed by atoms with Gasteiger partial charge in [0, 0.05) is 28.8 Å². The second-order valence-corrected chi connectivity index (χ2v) is 14.9. The van der Waals surface area contributed by atoms with E-state index in [0.717, 1.165) is 47.2 Å². The summed E-state index contributed by atoms with van der Waals surface area (Å²) in [4.78, 5) is 30.0. The Balaban J connectivity index is 1.38. The monoisotopic (exact) mass is 684 g/mol. The maximum atomic E-state index is 14.5. The van der Waals surface area contributed by atoms with Crippen molar-refractivity contribution in [2.75, 3.05) is 18.4 Å². The van der Waals surface area contributed by atoms with Gasteiger partial charge in [0.15, 0.2) is 5.78 Å². The minimum Gasteiger partial charge on any atom is -0.393 e. The molecule has 0 saturated heterocycles. The smallest absolute Gasteiger partial charge is 0.321 e. The molecule has 51 heavy (non-hydrogen) atoms. The molecule has 0 aromatic heterocycles. The average molecular weight is 685 g/mol. The van der Waals surface area contributed by atoms with Crippen molar-refractivity contribution in [1.82, 2.24) is 4.90 Å². The minimum atomic E-state index is -1.19. The summed E-state index contributed by atoms with van der Waals surface area (Å²) >= 11 is 0. The summed E-state index contributed by atoms with van der Waals surface area (Å²) in [5, 5.41) is 26.9. The third-order valence-electron chi connectivity index (χ3n) is 11.4. The van der Waals surface area contributed by atoms with E-state index in [0.29, 0.717) is 49.8 Å². The number of hydrogen-bond donors (Lipinski definition) is 3. The van der Waals surface area contributed by atoms with Crippen molar-refractivity contribution in [3.05, 3.63) is 137 Å². The van der Waals surface area contributed by atoms with Crippen LogP contribution in [-0.4, -0.2) is 51.7 Å². The molecule has 4 unspecified atom stereocenters. The molecule has 3 aliphatic carbocycles. The molecule has 4 aromatic rings. The molecule has 2 bridgehead atoms. The van der Waals surface area contributed by atoms with Crippen LogP contribution >= 0.6 is 0 Å². The van der Waals surface area contributed by atoms with E-state index in [9.17, 15) is 19.8 Å². The standard InChI is InChI=1S/C45H52N2O4/c1-4-28-47(43(50)46-37-15-9-6-10-16-37)31-45(51)27-25-41-39-24-18-33(29-38(48)23-17-32(2)12-11-26-44(41,45)3)30-40(39)42(49)36-21-19-35(20-22-36)34-13-7-5-8-14-34/h5-10,12-16,18-22,24,30,38,41,48,51H,4,11,17,23,25-29,31H2,1-3H3,(H,46,50). The highest BCUT2D eigenvalue weighted by atomic mass is 16.3. The molecule has 3 N–H and O–H groups in total. The normalized spacial score (nSPS) is 23.5. The molecule has 0 spiro atoms. The second kappa shape index (κ2) is 15.8. The molecular formula is C45H52N2O4. The first kappa shape index (κ1) is 36.3. The highest BCUT2D eigenvalue weighted by Crippen LogP contribution is 2.59. The number of ketones is 1. The zero-order valence-electron chi connectivity index (χ0n) is 30.3. The van der Waals surface area contributed by atoms with Crippen LogP contribution in [0, 0.1) is 5.41 Å². The van der Waals surface area contributed by atoms with Crippen LogP contribution in [0.4, 0.5) is 10.5 Å². The van der Waals surface area contributed by atoms with Crippen molar-refractivity contribution in [2.24, 2.45) is 5.41 Å². The van der Waals surface area contributed by atoms with E-state index in [2.05, 4.69) is 49.5 Å². The number of nitrogens with one attached hydrogen (secondary N) is 1. The number of benzene rings is 4. The van der Waals surface area contributed by atoms with Gasteiger partial charge in [-0.25, -0.2) is 4.79 Å².